The molecule has 0 radical (unpaired) electrons. The van der Waals surface area contributed by atoms with Crippen LogP contribution in [0.3, 0.4) is 0 Å². The van der Waals surface area contributed by atoms with Crippen molar-refractivity contribution in [2.75, 3.05) is 26.7 Å². The van der Waals surface area contributed by atoms with Crippen LogP contribution < -0.4 is 15.0 Å². The van der Waals surface area contributed by atoms with Crippen LogP contribution in [-0.4, -0.2) is 42.4 Å². The molecule has 1 saturated heterocycles. The number of carbonyl (C=O) groups is 1. The molecular weight excluding hydrogens is 376 g/mol. The molecule has 1 amide bonds. The van der Waals surface area contributed by atoms with Gasteiger partial charge in [-0.25, -0.2) is 4.68 Å². The number of likely N-dealkylation sites (tertiary alicyclic amines) is 1. The monoisotopic (exact) mass is 405 g/mol. The van der Waals surface area contributed by atoms with E-state index in [0.29, 0.717) is 12.1 Å². The van der Waals surface area contributed by atoms with E-state index in [1.54, 1.807) is 22.9 Å². The van der Waals surface area contributed by atoms with Crippen molar-refractivity contribution in [1.82, 2.24) is 15.1 Å². The molecule has 156 valence electrons. The number of quaternary nitrogens is 1. The molecule has 4 rings (SSSR count). The summed E-state index contributed by atoms with van der Waals surface area (Å²) in [6, 6.07) is 17.9. The van der Waals surface area contributed by atoms with E-state index in [4.69, 9.17) is 4.74 Å². The molecule has 0 saturated carbocycles. The second kappa shape index (κ2) is 9.59. The highest BCUT2D eigenvalue weighted by molar-refractivity contribution is 5.94. The Kier molecular flexibility index (Phi) is 6.44. The molecule has 1 aliphatic heterocycles. The largest absolute Gasteiger partial charge is 0.497 e. The van der Waals surface area contributed by atoms with Gasteiger partial charge in [0.1, 0.15) is 11.8 Å². The number of nitrogens with zero attached hydrogens (tertiary/aromatic N) is 2. The maximum Gasteiger partial charge on any atom is 0.251 e. The lowest BCUT2D eigenvalue weighted by atomic mass is 10.0. The molecule has 2 aromatic carbocycles. The van der Waals surface area contributed by atoms with Crippen LogP contribution in [0, 0.1) is 0 Å². The molecule has 0 bridgehead atoms. The molecule has 6 heteroatoms. The summed E-state index contributed by atoms with van der Waals surface area (Å²) in [4.78, 5) is 14.3. The van der Waals surface area contributed by atoms with Gasteiger partial charge in [-0.05, 0) is 73.9 Å². The van der Waals surface area contributed by atoms with Crippen molar-refractivity contribution >= 4 is 5.91 Å². The highest BCUT2D eigenvalue weighted by atomic mass is 16.5. The molecule has 0 aliphatic carbocycles. The molecular formula is C24H29N4O2+. The Morgan fingerprint density at radius 2 is 1.83 bits per heavy atom. The lowest BCUT2D eigenvalue weighted by Crippen LogP contribution is -3.13. The number of aromatic nitrogens is 2. The molecule has 0 unspecified atom stereocenters. The minimum absolute atomic E-state index is 0.0445. The summed E-state index contributed by atoms with van der Waals surface area (Å²) >= 11 is 0. The molecule has 1 atom stereocenters. The van der Waals surface area contributed by atoms with Gasteiger partial charge in [0, 0.05) is 23.5 Å². The van der Waals surface area contributed by atoms with Gasteiger partial charge in [0.25, 0.3) is 5.91 Å². The van der Waals surface area contributed by atoms with Crippen LogP contribution in [0.5, 0.6) is 5.75 Å². The van der Waals surface area contributed by atoms with E-state index in [2.05, 4.69) is 22.5 Å². The summed E-state index contributed by atoms with van der Waals surface area (Å²) in [7, 11) is 1.68. The summed E-state index contributed by atoms with van der Waals surface area (Å²) in [5, 5.41) is 7.39. The standard InChI is InChI=1S/C24H28N4O2/c1-30-22-12-8-19(9-13-22)23(27-15-3-2-4-16-27)18-25-24(29)20-6-10-21(11-7-20)28-17-5-14-26-28/h5-14,17,23H,2-4,15-16,18H2,1H3,(H,25,29)/p+1/t23-/m1/s1. The van der Waals surface area contributed by atoms with Gasteiger partial charge in [-0.2, -0.15) is 5.10 Å². The second-order valence-electron chi connectivity index (χ2n) is 7.75. The van der Waals surface area contributed by atoms with E-state index in [0.717, 1.165) is 24.5 Å². The Bertz CT molecular complexity index is 930. The fourth-order valence-corrected chi connectivity index (χ4v) is 4.17. The average molecular weight is 406 g/mol. The summed E-state index contributed by atoms with van der Waals surface area (Å²) in [6.45, 7) is 2.90. The first-order chi connectivity index (χ1) is 14.7. The average Bonchev–Trinajstić information content (AvgIpc) is 3.35. The molecule has 2 N–H and O–H groups in total. The van der Waals surface area contributed by atoms with Crippen molar-refractivity contribution in [3.8, 4) is 11.4 Å². The van der Waals surface area contributed by atoms with Gasteiger partial charge in [-0.15, -0.1) is 0 Å². The third-order valence-electron chi connectivity index (χ3n) is 5.87. The zero-order valence-corrected chi connectivity index (χ0v) is 17.4. The van der Waals surface area contributed by atoms with Gasteiger partial charge in [0.15, 0.2) is 0 Å². The van der Waals surface area contributed by atoms with Crippen LogP contribution in [-0.2, 0) is 0 Å². The van der Waals surface area contributed by atoms with Gasteiger partial charge in [-0.1, -0.05) is 0 Å². The number of piperidine rings is 1. The molecule has 6 nitrogen and oxygen atoms in total. The number of methoxy groups -OCH3 is 1. The molecule has 1 aliphatic rings. The number of amides is 1. The smallest absolute Gasteiger partial charge is 0.251 e. The zero-order valence-electron chi connectivity index (χ0n) is 17.4. The fourth-order valence-electron chi connectivity index (χ4n) is 4.17. The molecule has 0 spiro atoms. The van der Waals surface area contributed by atoms with Crippen LogP contribution >= 0.6 is 0 Å². The van der Waals surface area contributed by atoms with Crippen molar-refractivity contribution in [2.45, 2.75) is 25.3 Å². The van der Waals surface area contributed by atoms with E-state index < -0.39 is 0 Å². The zero-order chi connectivity index (χ0) is 20.8. The molecule has 1 fully saturated rings. The van der Waals surface area contributed by atoms with Crippen molar-refractivity contribution in [3.63, 3.8) is 0 Å². The first-order valence-corrected chi connectivity index (χ1v) is 10.6. The lowest BCUT2D eigenvalue weighted by Gasteiger charge is -2.32. The van der Waals surface area contributed by atoms with Gasteiger partial charge in [0.2, 0.25) is 0 Å². The summed E-state index contributed by atoms with van der Waals surface area (Å²) in [5.74, 6) is 0.810. The second-order valence-corrected chi connectivity index (χ2v) is 7.75. The predicted molar refractivity (Wildman–Crippen MR) is 116 cm³/mol. The van der Waals surface area contributed by atoms with Crippen LogP contribution in [0.25, 0.3) is 5.69 Å². The number of nitrogens with one attached hydrogen (secondary N) is 2. The quantitative estimate of drug-likeness (QED) is 0.635. The first-order valence-electron chi connectivity index (χ1n) is 10.6. The Morgan fingerprint density at radius 3 is 2.47 bits per heavy atom. The summed E-state index contributed by atoms with van der Waals surface area (Å²) in [5.41, 5.74) is 2.83. The van der Waals surface area contributed by atoms with Crippen molar-refractivity contribution in [2.24, 2.45) is 0 Å². The topological polar surface area (TPSA) is 60.6 Å². The van der Waals surface area contributed by atoms with Crippen LogP contribution in [0.1, 0.15) is 41.2 Å². The Hall–Kier alpha value is -3.12. The SMILES string of the molecule is COc1ccc([C@@H](CNC(=O)c2ccc(-n3cccn3)cc2)[NH+]2CCCCC2)cc1. The number of hydrogen-bond donors (Lipinski definition) is 2. The number of benzene rings is 2. The van der Waals surface area contributed by atoms with E-state index in [1.165, 1.54) is 24.8 Å². The highest BCUT2D eigenvalue weighted by Gasteiger charge is 2.26. The molecule has 3 aromatic rings. The number of hydrogen-bond acceptors (Lipinski definition) is 3. The minimum atomic E-state index is -0.0445. The van der Waals surface area contributed by atoms with Gasteiger partial charge in [-0.3, -0.25) is 4.79 Å². The van der Waals surface area contributed by atoms with Gasteiger partial charge >= 0.3 is 0 Å². The van der Waals surface area contributed by atoms with Crippen molar-refractivity contribution in [3.05, 3.63) is 78.1 Å². The van der Waals surface area contributed by atoms with Crippen LogP contribution in [0.15, 0.2) is 67.0 Å². The van der Waals surface area contributed by atoms with Gasteiger partial charge in [0.05, 0.1) is 32.4 Å². The molecule has 1 aromatic heterocycles. The number of rotatable bonds is 7. The lowest BCUT2D eigenvalue weighted by molar-refractivity contribution is -0.935. The third-order valence-corrected chi connectivity index (χ3v) is 5.87. The van der Waals surface area contributed by atoms with E-state index in [1.807, 2.05) is 48.7 Å². The normalized spacial score (nSPS) is 15.5. The fraction of sp³-hybridized carbons (Fsp3) is 0.333. The van der Waals surface area contributed by atoms with Crippen molar-refractivity contribution < 1.29 is 14.4 Å². The summed E-state index contributed by atoms with van der Waals surface area (Å²) in [6.07, 6.45) is 7.40. The Balaban J connectivity index is 1.45. The minimum Gasteiger partial charge on any atom is -0.497 e. The van der Waals surface area contributed by atoms with Gasteiger partial charge < -0.3 is 15.0 Å². The third kappa shape index (κ3) is 4.71. The van der Waals surface area contributed by atoms with E-state index in [-0.39, 0.29) is 11.9 Å². The predicted octanol–water partition coefficient (Wildman–Crippen LogP) is 2.42. The first kappa shape index (κ1) is 20.2. The maximum absolute atomic E-state index is 12.8. The molecule has 30 heavy (non-hydrogen) atoms. The van der Waals surface area contributed by atoms with E-state index >= 15 is 0 Å². The highest BCUT2D eigenvalue weighted by Crippen LogP contribution is 2.17. The maximum atomic E-state index is 12.8. The van der Waals surface area contributed by atoms with Crippen LogP contribution in [0.4, 0.5) is 0 Å². The Morgan fingerprint density at radius 1 is 1.10 bits per heavy atom. The number of ether oxygens (including phenoxy) is 1. The Labute approximate surface area is 177 Å². The summed E-state index contributed by atoms with van der Waals surface area (Å²) < 4.78 is 7.08. The van der Waals surface area contributed by atoms with E-state index in [9.17, 15) is 4.79 Å². The van der Waals surface area contributed by atoms with Crippen LogP contribution in [0.2, 0.25) is 0 Å². The number of carbonyl (C=O) groups excluding carboxylic acids is 1. The van der Waals surface area contributed by atoms with Crippen molar-refractivity contribution in [1.29, 1.82) is 0 Å². The molecule has 2 heterocycles.